The van der Waals surface area contributed by atoms with Crippen molar-refractivity contribution in [3.63, 3.8) is 0 Å². The first-order chi connectivity index (χ1) is 9.82. The predicted octanol–water partition coefficient (Wildman–Crippen LogP) is 2.65. The minimum atomic E-state index is -0.784. The van der Waals surface area contributed by atoms with Crippen molar-refractivity contribution in [3.8, 4) is 6.07 Å². The Hall–Kier alpha value is -0.730. The molecule has 120 valence electrons. The maximum absolute atomic E-state index is 12.2. The Labute approximate surface area is 133 Å². The van der Waals surface area contributed by atoms with Gasteiger partial charge in [0.05, 0.1) is 12.6 Å². The first kappa shape index (κ1) is 18.3. The van der Waals surface area contributed by atoms with E-state index in [-0.39, 0.29) is 11.8 Å². The fourth-order valence-electron chi connectivity index (χ4n) is 2.69. The smallest absolute Gasteiger partial charge is 0.235 e. The van der Waals surface area contributed by atoms with Crippen LogP contribution in [0.25, 0.3) is 0 Å². The van der Waals surface area contributed by atoms with Crippen LogP contribution in [0.4, 0.5) is 0 Å². The number of nitriles is 1. The molecule has 0 saturated heterocycles. The van der Waals surface area contributed by atoms with Crippen LogP contribution < -0.4 is 5.32 Å². The van der Waals surface area contributed by atoms with Gasteiger partial charge in [-0.3, -0.25) is 9.69 Å². The zero-order chi connectivity index (χ0) is 16.0. The van der Waals surface area contributed by atoms with Crippen LogP contribution in [0.15, 0.2) is 0 Å². The predicted molar refractivity (Wildman–Crippen MR) is 89.2 cm³/mol. The molecule has 0 aromatic rings. The first-order valence-electron chi connectivity index (χ1n) is 7.86. The molecule has 1 amide bonds. The minimum absolute atomic E-state index is 0.0538. The number of carbonyl (C=O) groups is 1. The van der Waals surface area contributed by atoms with Crippen LogP contribution in [-0.2, 0) is 4.79 Å². The lowest BCUT2D eigenvalue weighted by atomic mass is 9.90. The van der Waals surface area contributed by atoms with Gasteiger partial charge in [0, 0.05) is 11.3 Å². The third-order valence-corrected chi connectivity index (χ3v) is 5.79. The number of carbonyl (C=O) groups excluding carboxylic acids is 1. The van der Waals surface area contributed by atoms with Crippen LogP contribution in [0, 0.1) is 17.2 Å². The van der Waals surface area contributed by atoms with E-state index in [1.165, 1.54) is 19.3 Å². The number of rotatable bonds is 7. The van der Waals surface area contributed by atoms with Crippen molar-refractivity contribution >= 4 is 17.7 Å². The minimum Gasteiger partial charge on any atom is -0.337 e. The molecule has 4 nitrogen and oxygen atoms in total. The van der Waals surface area contributed by atoms with Crippen molar-refractivity contribution in [2.45, 2.75) is 63.8 Å². The second-order valence-corrected chi connectivity index (χ2v) is 8.05. The summed E-state index contributed by atoms with van der Waals surface area (Å²) in [7, 11) is 2.02. The van der Waals surface area contributed by atoms with Crippen LogP contribution in [0.5, 0.6) is 0 Å². The molecule has 0 radical (unpaired) electrons. The highest BCUT2D eigenvalue weighted by Gasteiger charge is 2.32. The van der Waals surface area contributed by atoms with Crippen molar-refractivity contribution in [2.24, 2.45) is 5.92 Å². The highest BCUT2D eigenvalue weighted by Crippen LogP contribution is 2.32. The number of likely N-dealkylation sites (N-methyl/N-ethyl adjacent to an activating group) is 1. The summed E-state index contributed by atoms with van der Waals surface area (Å²) >= 11 is 2.03. The van der Waals surface area contributed by atoms with Crippen molar-refractivity contribution in [2.75, 3.05) is 19.3 Å². The fourth-order valence-corrected chi connectivity index (χ4v) is 3.82. The van der Waals surface area contributed by atoms with E-state index in [0.717, 1.165) is 11.0 Å². The summed E-state index contributed by atoms with van der Waals surface area (Å²) in [5.74, 6) is 1.20. The molecule has 1 fully saturated rings. The van der Waals surface area contributed by atoms with Crippen LogP contribution in [-0.4, -0.2) is 47.0 Å². The Balaban J connectivity index is 2.47. The van der Waals surface area contributed by atoms with Gasteiger partial charge in [-0.1, -0.05) is 20.8 Å². The van der Waals surface area contributed by atoms with E-state index in [2.05, 4.69) is 23.2 Å². The normalized spacial score (nSPS) is 24.9. The fraction of sp³-hybridized carbons (Fsp3) is 0.875. The Morgan fingerprint density at radius 1 is 1.52 bits per heavy atom. The van der Waals surface area contributed by atoms with Gasteiger partial charge in [0.25, 0.3) is 0 Å². The van der Waals surface area contributed by atoms with E-state index < -0.39 is 5.54 Å². The van der Waals surface area contributed by atoms with E-state index >= 15 is 0 Å². The molecule has 0 bridgehead atoms. The SMILES string of the molecule is CCS[C@@H]1CC[C@H](N(C)CC(=O)N[C@@](C)(C#N)C(C)C)C1. The van der Waals surface area contributed by atoms with Gasteiger partial charge in [-0.2, -0.15) is 17.0 Å². The number of nitrogens with zero attached hydrogens (tertiary/aromatic N) is 2. The van der Waals surface area contributed by atoms with Gasteiger partial charge >= 0.3 is 0 Å². The van der Waals surface area contributed by atoms with Crippen molar-refractivity contribution in [1.29, 1.82) is 5.26 Å². The standard InChI is InChI=1S/C16H29N3OS/c1-6-21-14-8-7-13(9-14)19(5)10-15(20)18-16(4,11-17)12(2)3/h12-14H,6-10H2,1-5H3,(H,18,20)/t13-,14+,16-/m0/s1. The Morgan fingerprint density at radius 3 is 2.71 bits per heavy atom. The summed E-state index contributed by atoms with van der Waals surface area (Å²) in [4.78, 5) is 14.3. The highest BCUT2D eigenvalue weighted by atomic mass is 32.2. The first-order valence-corrected chi connectivity index (χ1v) is 8.91. The molecule has 0 spiro atoms. The molecule has 0 aromatic carbocycles. The molecule has 5 heteroatoms. The van der Waals surface area contributed by atoms with E-state index in [1.807, 2.05) is 32.7 Å². The highest BCUT2D eigenvalue weighted by molar-refractivity contribution is 7.99. The van der Waals surface area contributed by atoms with Gasteiger partial charge in [0.2, 0.25) is 5.91 Å². The number of hydrogen-bond donors (Lipinski definition) is 1. The van der Waals surface area contributed by atoms with Crippen molar-refractivity contribution in [3.05, 3.63) is 0 Å². The number of thioether (sulfide) groups is 1. The van der Waals surface area contributed by atoms with E-state index in [1.54, 1.807) is 6.92 Å². The largest absolute Gasteiger partial charge is 0.337 e. The Morgan fingerprint density at radius 2 is 2.19 bits per heavy atom. The summed E-state index contributed by atoms with van der Waals surface area (Å²) in [5, 5.41) is 12.9. The topological polar surface area (TPSA) is 56.1 Å². The van der Waals surface area contributed by atoms with Gasteiger partial charge < -0.3 is 5.32 Å². The van der Waals surface area contributed by atoms with Crippen LogP contribution >= 0.6 is 11.8 Å². The van der Waals surface area contributed by atoms with Crippen LogP contribution in [0.2, 0.25) is 0 Å². The maximum atomic E-state index is 12.2. The monoisotopic (exact) mass is 311 g/mol. The molecule has 1 rings (SSSR count). The molecular weight excluding hydrogens is 282 g/mol. The zero-order valence-electron chi connectivity index (χ0n) is 14.0. The quantitative estimate of drug-likeness (QED) is 0.785. The lowest BCUT2D eigenvalue weighted by molar-refractivity contribution is -0.124. The number of nitrogens with one attached hydrogen (secondary N) is 1. The summed E-state index contributed by atoms with van der Waals surface area (Å²) in [6, 6.07) is 2.71. The Kier molecular flexibility index (Phi) is 7.02. The van der Waals surface area contributed by atoms with E-state index in [4.69, 9.17) is 0 Å². The third-order valence-electron chi connectivity index (χ3n) is 4.56. The van der Waals surface area contributed by atoms with Gasteiger partial charge in [-0.05, 0) is 44.9 Å². The van der Waals surface area contributed by atoms with Gasteiger partial charge in [0.1, 0.15) is 5.54 Å². The Bertz CT molecular complexity index is 393. The van der Waals surface area contributed by atoms with Crippen molar-refractivity contribution in [1.82, 2.24) is 10.2 Å². The average molecular weight is 311 g/mol. The van der Waals surface area contributed by atoms with Gasteiger partial charge in [-0.25, -0.2) is 0 Å². The van der Waals surface area contributed by atoms with Crippen LogP contribution in [0.1, 0.15) is 47.0 Å². The zero-order valence-corrected chi connectivity index (χ0v) is 14.8. The molecule has 0 aliphatic heterocycles. The van der Waals surface area contributed by atoms with Crippen LogP contribution in [0.3, 0.4) is 0 Å². The second-order valence-electron chi connectivity index (χ2n) is 6.48. The lowest BCUT2D eigenvalue weighted by Gasteiger charge is -2.30. The van der Waals surface area contributed by atoms with Gasteiger partial charge in [0.15, 0.2) is 0 Å². The summed E-state index contributed by atoms with van der Waals surface area (Å²) < 4.78 is 0. The summed E-state index contributed by atoms with van der Waals surface area (Å²) in [6.07, 6.45) is 3.58. The molecular formula is C16H29N3OS. The number of amides is 1. The van der Waals surface area contributed by atoms with E-state index in [0.29, 0.717) is 12.6 Å². The number of hydrogen-bond acceptors (Lipinski definition) is 4. The molecule has 1 aliphatic carbocycles. The second kappa shape index (κ2) is 8.05. The van der Waals surface area contributed by atoms with E-state index in [9.17, 15) is 10.1 Å². The van der Waals surface area contributed by atoms with Gasteiger partial charge in [-0.15, -0.1) is 0 Å². The molecule has 0 unspecified atom stereocenters. The summed E-state index contributed by atoms with van der Waals surface area (Å²) in [5.41, 5.74) is -0.784. The average Bonchev–Trinajstić information content (AvgIpc) is 2.87. The van der Waals surface area contributed by atoms with Crippen molar-refractivity contribution < 1.29 is 4.79 Å². The molecule has 1 saturated carbocycles. The molecule has 21 heavy (non-hydrogen) atoms. The summed E-state index contributed by atoms with van der Waals surface area (Å²) in [6.45, 7) is 8.27. The molecule has 0 aromatic heterocycles. The third kappa shape index (κ3) is 5.19. The maximum Gasteiger partial charge on any atom is 0.235 e. The lowest BCUT2D eigenvalue weighted by Crippen LogP contribution is -2.52. The molecule has 3 atom stereocenters. The molecule has 1 aliphatic rings. The molecule has 0 heterocycles. The molecule has 1 N–H and O–H groups in total.